The Morgan fingerprint density at radius 2 is 2.00 bits per heavy atom. The molecule has 2 N–H and O–H groups in total. The predicted molar refractivity (Wildman–Crippen MR) is 72.0 cm³/mol. The van der Waals surface area contributed by atoms with Gasteiger partial charge in [0.05, 0.1) is 19.2 Å². The van der Waals surface area contributed by atoms with E-state index in [1.165, 1.54) is 5.57 Å². The Bertz CT molecular complexity index is 247. The van der Waals surface area contributed by atoms with Gasteiger partial charge in [0.25, 0.3) is 0 Å². The molecule has 0 amide bonds. The Kier molecular flexibility index (Phi) is 8.90. The van der Waals surface area contributed by atoms with E-state index in [0.717, 1.165) is 13.0 Å². The largest absolute Gasteiger partial charge is 0.360 e. The third-order valence-corrected chi connectivity index (χ3v) is 2.52. The normalized spacial score (nSPS) is 16.8. The highest BCUT2D eigenvalue weighted by Crippen LogP contribution is 2.16. The van der Waals surface area contributed by atoms with Gasteiger partial charge in [-0.3, -0.25) is 0 Å². The van der Waals surface area contributed by atoms with E-state index in [1.807, 2.05) is 27.7 Å². The number of ether oxygens (including phenoxy) is 1. The van der Waals surface area contributed by atoms with Crippen LogP contribution < -0.4 is 5.73 Å². The molecule has 0 heterocycles. The van der Waals surface area contributed by atoms with E-state index in [1.54, 1.807) is 0 Å². The molecule has 0 aliphatic carbocycles. The van der Waals surface area contributed by atoms with Crippen molar-refractivity contribution < 1.29 is 4.74 Å². The van der Waals surface area contributed by atoms with E-state index in [4.69, 9.17) is 10.5 Å². The van der Waals surface area contributed by atoms with Crippen LogP contribution in [0.25, 0.3) is 0 Å². The van der Waals surface area contributed by atoms with Crippen molar-refractivity contribution in [2.24, 2.45) is 21.9 Å². The van der Waals surface area contributed by atoms with Crippen LogP contribution in [0.3, 0.4) is 0 Å². The third-order valence-electron chi connectivity index (χ3n) is 2.52. The standard InChI is InChI=1S/C13H27N3O/c1-6-12(8-15-16-10(3)4)13(7-2)9-17-11(5)14/h7,10-12H,6,8-9,14H2,1-5H3/b13-7-,16-15?. The van der Waals surface area contributed by atoms with Crippen LogP contribution in [0.5, 0.6) is 0 Å². The lowest BCUT2D eigenvalue weighted by Gasteiger charge is -2.18. The maximum Gasteiger partial charge on any atom is 0.103 e. The van der Waals surface area contributed by atoms with Crippen molar-refractivity contribution in [3.05, 3.63) is 11.6 Å². The summed E-state index contributed by atoms with van der Waals surface area (Å²) in [5.41, 5.74) is 6.84. The zero-order valence-electron chi connectivity index (χ0n) is 11.8. The summed E-state index contributed by atoms with van der Waals surface area (Å²) in [4.78, 5) is 0. The first kappa shape index (κ1) is 16.3. The number of nitrogens with two attached hydrogens (primary N) is 1. The second kappa shape index (κ2) is 9.31. The minimum atomic E-state index is -0.222. The van der Waals surface area contributed by atoms with Crippen LogP contribution in [0.2, 0.25) is 0 Å². The Labute approximate surface area is 105 Å². The minimum absolute atomic E-state index is 0.222. The highest BCUT2D eigenvalue weighted by molar-refractivity contribution is 5.06. The molecule has 0 saturated carbocycles. The first-order valence-corrected chi connectivity index (χ1v) is 6.40. The first-order valence-electron chi connectivity index (χ1n) is 6.40. The summed E-state index contributed by atoms with van der Waals surface area (Å²) in [5.74, 6) is 0.404. The summed E-state index contributed by atoms with van der Waals surface area (Å²) in [7, 11) is 0. The zero-order chi connectivity index (χ0) is 13.3. The van der Waals surface area contributed by atoms with Crippen molar-refractivity contribution >= 4 is 0 Å². The average molecular weight is 241 g/mol. The van der Waals surface area contributed by atoms with Gasteiger partial charge < -0.3 is 10.5 Å². The Morgan fingerprint density at radius 1 is 1.35 bits per heavy atom. The Morgan fingerprint density at radius 3 is 2.41 bits per heavy atom. The monoisotopic (exact) mass is 241 g/mol. The summed E-state index contributed by atoms with van der Waals surface area (Å²) in [6, 6.07) is 0.266. The SMILES string of the molecule is C/C=C(/COC(C)N)C(CC)CN=NC(C)C. The molecule has 2 atom stereocenters. The van der Waals surface area contributed by atoms with Gasteiger partial charge in [-0.05, 0) is 39.7 Å². The van der Waals surface area contributed by atoms with E-state index in [0.29, 0.717) is 12.5 Å². The van der Waals surface area contributed by atoms with E-state index in [-0.39, 0.29) is 12.3 Å². The van der Waals surface area contributed by atoms with E-state index in [9.17, 15) is 0 Å². The highest BCUT2D eigenvalue weighted by Gasteiger charge is 2.12. The van der Waals surface area contributed by atoms with Gasteiger partial charge in [-0.25, -0.2) is 0 Å². The van der Waals surface area contributed by atoms with Gasteiger partial charge in [-0.1, -0.05) is 13.0 Å². The van der Waals surface area contributed by atoms with Gasteiger partial charge in [-0.2, -0.15) is 10.2 Å². The lowest BCUT2D eigenvalue weighted by Crippen LogP contribution is -2.22. The Balaban J connectivity index is 4.29. The molecule has 0 rings (SSSR count). The molecule has 2 unspecified atom stereocenters. The molecule has 100 valence electrons. The van der Waals surface area contributed by atoms with E-state index in [2.05, 4.69) is 23.2 Å². The fourth-order valence-electron chi connectivity index (χ4n) is 1.48. The van der Waals surface area contributed by atoms with Crippen molar-refractivity contribution in [2.45, 2.75) is 53.3 Å². The van der Waals surface area contributed by atoms with Crippen LogP contribution in [0.4, 0.5) is 0 Å². The summed E-state index contributed by atoms with van der Waals surface area (Å²) in [5, 5.41) is 8.39. The Hall–Kier alpha value is -0.740. The predicted octanol–water partition coefficient (Wildman–Crippen LogP) is 3.14. The van der Waals surface area contributed by atoms with Crippen LogP contribution in [0.15, 0.2) is 21.9 Å². The smallest absolute Gasteiger partial charge is 0.103 e. The molecule has 0 aliphatic heterocycles. The average Bonchev–Trinajstić information content (AvgIpc) is 2.26. The maximum absolute atomic E-state index is 5.59. The fraction of sp³-hybridized carbons (Fsp3) is 0.846. The van der Waals surface area contributed by atoms with Gasteiger partial charge >= 0.3 is 0 Å². The van der Waals surface area contributed by atoms with Gasteiger partial charge in [0.15, 0.2) is 0 Å². The zero-order valence-corrected chi connectivity index (χ0v) is 11.8. The molecule has 4 heteroatoms. The second-order valence-electron chi connectivity index (χ2n) is 4.52. The van der Waals surface area contributed by atoms with E-state index < -0.39 is 0 Å². The van der Waals surface area contributed by atoms with Crippen molar-refractivity contribution in [1.82, 2.24) is 0 Å². The summed E-state index contributed by atoms with van der Waals surface area (Å²) < 4.78 is 5.44. The molecular weight excluding hydrogens is 214 g/mol. The lowest BCUT2D eigenvalue weighted by molar-refractivity contribution is 0.0837. The number of hydrogen-bond donors (Lipinski definition) is 1. The quantitative estimate of drug-likeness (QED) is 0.403. The van der Waals surface area contributed by atoms with Crippen LogP contribution in [-0.2, 0) is 4.74 Å². The van der Waals surface area contributed by atoms with Crippen molar-refractivity contribution in [1.29, 1.82) is 0 Å². The number of allylic oxidation sites excluding steroid dienone is 1. The van der Waals surface area contributed by atoms with Crippen LogP contribution in [0, 0.1) is 5.92 Å². The van der Waals surface area contributed by atoms with Gasteiger partial charge in [0.1, 0.15) is 6.23 Å². The molecule has 0 aliphatic rings. The molecule has 0 radical (unpaired) electrons. The summed E-state index contributed by atoms with van der Waals surface area (Å²) in [6.07, 6.45) is 2.92. The molecule has 0 aromatic heterocycles. The fourth-order valence-corrected chi connectivity index (χ4v) is 1.48. The molecule has 0 fully saturated rings. The molecule has 0 aromatic carbocycles. The maximum atomic E-state index is 5.59. The molecule has 0 saturated heterocycles. The van der Waals surface area contributed by atoms with Crippen molar-refractivity contribution in [3.8, 4) is 0 Å². The molecular formula is C13H27N3O. The number of nitrogens with zero attached hydrogens (tertiary/aromatic N) is 2. The van der Waals surface area contributed by atoms with Crippen molar-refractivity contribution in [2.75, 3.05) is 13.2 Å². The topological polar surface area (TPSA) is 60.0 Å². The number of rotatable bonds is 8. The van der Waals surface area contributed by atoms with Crippen LogP contribution in [-0.4, -0.2) is 25.4 Å². The number of azo groups is 1. The third kappa shape index (κ3) is 8.05. The lowest BCUT2D eigenvalue weighted by atomic mass is 9.97. The van der Waals surface area contributed by atoms with Gasteiger partial charge in [0, 0.05) is 5.92 Å². The van der Waals surface area contributed by atoms with Gasteiger partial charge in [0.2, 0.25) is 0 Å². The van der Waals surface area contributed by atoms with Gasteiger partial charge in [-0.15, -0.1) is 0 Å². The molecule has 0 aromatic rings. The molecule has 0 spiro atoms. The van der Waals surface area contributed by atoms with Crippen LogP contribution in [0.1, 0.15) is 41.0 Å². The second-order valence-corrected chi connectivity index (χ2v) is 4.52. The number of hydrogen-bond acceptors (Lipinski definition) is 4. The highest BCUT2D eigenvalue weighted by atomic mass is 16.5. The van der Waals surface area contributed by atoms with Crippen molar-refractivity contribution in [3.63, 3.8) is 0 Å². The molecule has 17 heavy (non-hydrogen) atoms. The summed E-state index contributed by atoms with van der Waals surface area (Å²) >= 11 is 0. The summed E-state index contributed by atoms with van der Waals surface area (Å²) in [6.45, 7) is 11.4. The molecule has 0 bridgehead atoms. The molecule has 4 nitrogen and oxygen atoms in total. The van der Waals surface area contributed by atoms with E-state index >= 15 is 0 Å². The minimum Gasteiger partial charge on any atom is -0.360 e. The van der Waals surface area contributed by atoms with Crippen LogP contribution >= 0.6 is 0 Å². The first-order chi connectivity index (χ1) is 8.01.